The smallest absolute Gasteiger partial charge is 0.368 e. The molecule has 4 rings (SSSR count). The Balaban J connectivity index is 1.47. The van der Waals surface area contributed by atoms with Gasteiger partial charge in [-0.25, -0.2) is 4.68 Å². The van der Waals surface area contributed by atoms with Crippen LogP contribution in [-0.2, 0) is 22.3 Å². The van der Waals surface area contributed by atoms with E-state index in [1.54, 1.807) is 20.5 Å². The molecule has 0 aliphatic carbocycles. The van der Waals surface area contributed by atoms with Crippen LogP contribution in [-0.4, -0.2) is 58.7 Å². The summed E-state index contributed by atoms with van der Waals surface area (Å²) in [5, 5.41) is 4.40. The second kappa shape index (κ2) is 8.48. The van der Waals surface area contributed by atoms with Gasteiger partial charge < -0.3 is 9.80 Å². The maximum atomic E-state index is 13.4. The van der Waals surface area contributed by atoms with Crippen molar-refractivity contribution < 1.29 is 22.8 Å². The highest BCUT2D eigenvalue weighted by Crippen LogP contribution is 2.32. The Bertz CT molecular complexity index is 1010. The minimum absolute atomic E-state index is 0.0970. The van der Waals surface area contributed by atoms with Gasteiger partial charge in [0.15, 0.2) is 0 Å². The van der Waals surface area contributed by atoms with Gasteiger partial charge in [0.2, 0.25) is 11.8 Å². The topological polar surface area (TPSA) is 61.7 Å². The van der Waals surface area contributed by atoms with Crippen LogP contribution in [0.5, 0.6) is 0 Å². The van der Waals surface area contributed by atoms with Crippen LogP contribution >= 0.6 is 0 Å². The number of rotatable bonds is 4. The fourth-order valence-electron chi connectivity index (χ4n) is 4.42. The van der Waals surface area contributed by atoms with Crippen LogP contribution in [0.15, 0.2) is 30.3 Å². The first-order valence-corrected chi connectivity index (χ1v) is 10.8. The fourth-order valence-corrected chi connectivity index (χ4v) is 4.42. The lowest BCUT2D eigenvalue weighted by atomic mass is 10.1. The Morgan fingerprint density at radius 2 is 1.84 bits per heavy atom. The normalized spacial score (nSPS) is 18.0. The van der Waals surface area contributed by atoms with Gasteiger partial charge >= 0.3 is 6.18 Å². The Labute approximate surface area is 184 Å². The minimum atomic E-state index is -4.39. The molecule has 0 radical (unpaired) electrons. The van der Waals surface area contributed by atoms with Gasteiger partial charge in [0, 0.05) is 44.4 Å². The number of nitrogens with zero attached hydrogens (tertiary/aromatic N) is 5. The van der Waals surface area contributed by atoms with Gasteiger partial charge in [-0.05, 0) is 31.5 Å². The average Bonchev–Trinajstić information content (AvgIpc) is 3.15. The lowest BCUT2D eigenvalue weighted by Gasteiger charge is -2.40. The zero-order valence-corrected chi connectivity index (χ0v) is 18.1. The molecule has 1 atom stereocenters. The number of amides is 2. The molecular weight excluding hydrogens is 423 g/mol. The summed E-state index contributed by atoms with van der Waals surface area (Å²) in [6.07, 6.45) is -3.64. The van der Waals surface area contributed by atoms with Crippen molar-refractivity contribution in [2.75, 3.05) is 36.0 Å². The molecule has 0 bridgehead atoms. The molecule has 2 aliphatic rings. The largest absolute Gasteiger partial charge is 0.416 e. The average molecular weight is 449 g/mol. The van der Waals surface area contributed by atoms with Crippen LogP contribution in [0, 0.1) is 6.92 Å². The fraction of sp³-hybridized carbons (Fsp3) is 0.500. The molecule has 2 amide bonds. The number of piperazine rings is 1. The number of carbonyl (C=O) groups is 2. The van der Waals surface area contributed by atoms with Crippen molar-refractivity contribution in [2.24, 2.45) is 0 Å². The van der Waals surface area contributed by atoms with Crippen LogP contribution in [0.4, 0.5) is 24.7 Å². The molecule has 1 fully saturated rings. The Morgan fingerprint density at radius 1 is 1.12 bits per heavy atom. The van der Waals surface area contributed by atoms with E-state index in [1.165, 1.54) is 6.07 Å². The number of halogens is 3. The standard InChI is InChI=1S/C22H26F3N5O2/c1-3-18(30-19-13-15(2)26-29(19)8-7-20(30)31)21(32)28-11-9-27(10-12-28)17-6-4-5-16(14-17)22(23,24)25/h4-6,13-14,18H,3,7-12H2,1-2H3/t18-/m1/s1. The zero-order valence-electron chi connectivity index (χ0n) is 18.1. The SMILES string of the molecule is CC[C@H](C(=O)N1CCN(c2cccc(C(F)(F)F)c2)CC1)N1C(=O)CCn2nc(C)cc21. The zero-order chi connectivity index (χ0) is 23.0. The molecule has 7 nitrogen and oxygen atoms in total. The lowest BCUT2D eigenvalue weighted by Crippen LogP contribution is -2.57. The molecule has 172 valence electrons. The van der Waals surface area contributed by atoms with Gasteiger partial charge in [0.25, 0.3) is 0 Å². The monoisotopic (exact) mass is 449 g/mol. The van der Waals surface area contributed by atoms with E-state index in [4.69, 9.17) is 0 Å². The second-order valence-electron chi connectivity index (χ2n) is 8.17. The molecule has 1 aromatic carbocycles. The van der Waals surface area contributed by atoms with Gasteiger partial charge in [-0.1, -0.05) is 13.0 Å². The number of carbonyl (C=O) groups excluding carboxylic acids is 2. The van der Waals surface area contributed by atoms with Gasteiger partial charge in [-0.3, -0.25) is 14.5 Å². The van der Waals surface area contributed by atoms with E-state index >= 15 is 0 Å². The first-order valence-electron chi connectivity index (χ1n) is 10.8. The summed E-state index contributed by atoms with van der Waals surface area (Å²) >= 11 is 0. The number of hydrogen-bond donors (Lipinski definition) is 0. The van der Waals surface area contributed by atoms with Crippen molar-refractivity contribution in [3.8, 4) is 0 Å². The number of aryl methyl sites for hydroxylation is 2. The predicted molar refractivity (Wildman–Crippen MR) is 113 cm³/mol. The maximum Gasteiger partial charge on any atom is 0.416 e. The van der Waals surface area contributed by atoms with E-state index in [9.17, 15) is 22.8 Å². The van der Waals surface area contributed by atoms with Crippen molar-refractivity contribution in [2.45, 2.75) is 45.5 Å². The van der Waals surface area contributed by atoms with E-state index in [2.05, 4.69) is 5.10 Å². The van der Waals surface area contributed by atoms with Crippen LogP contribution in [0.1, 0.15) is 31.0 Å². The number of benzene rings is 1. The van der Waals surface area contributed by atoms with Crippen molar-refractivity contribution in [1.82, 2.24) is 14.7 Å². The highest BCUT2D eigenvalue weighted by molar-refractivity contribution is 6.01. The Morgan fingerprint density at radius 3 is 2.50 bits per heavy atom. The minimum Gasteiger partial charge on any atom is -0.368 e. The van der Waals surface area contributed by atoms with Crippen LogP contribution in [0.3, 0.4) is 0 Å². The molecule has 0 unspecified atom stereocenters. The molecule has 0 saturated carbocycles. The highest BCUT2D eigenvalue weighted by Gasteiger charge is 2.38. The van der Waals surface area contributed by atoms with Crippen molar-refractivity contribution >= 4 is 23.3 Å². The van der Waals surface area contributed by atoms with Gasteiger partial charge in [-0.15, -0.1) is 0 Å². The first-order chi connectivity index (χ1) is 15.2. The van der Waals surface area contributed by atoms with Crippen LogP contribution in [0.2, 0.25) is 0 Å². The molecule has 0 N–H and O–H groups in total. The van der Waals surface area contributed by atoms with Crippen LogP contribution in [0.25, 0.3) is 0 Å². The summed E-state index contributed by atoms with van der Waals surface area (Å²) in [4.78, 5) is 31.2. The third kappa shape index (κ3) is 4.18. The van der Waals surface area contributed by atoms with Crippen LogP contribution < -0.4 is 9.80 Å². The van der Waals surface area contributed by atoms with E-state index in [0.717, 1.165) is 17.8 Å². The third-order valence-corrected chi connectivity index (χ3v) is 6.05. The summed E-state index contributed by atoms with van der Waals surface area (Å²) in [5.74, 6) is 0.401. The summed E-state index contributed by atoms with van der Waals surface area (Å²) < 4.78 is 40.9. The second-order valence-corrected chi connectivity index (χ2v) is 8.17. The van der Waals surface area contributed by atoms with Crippen molar-refractivity contribution in [1.29, 1.82) is 0 Å². The summed E-state index contributed by atoms with van der Waals surface area (Å²) in [5.41, 5.74) is 0.594. The third-order valence-electron chi connectivity index (χ3n) is 6.05. The molecule has 2 aliphatic heterocycles. The van der Waals surface area contributed by atoms with Gasteiger partial charge in [-0.2, -0.15) is 18.3 Å². The first kappa shape index (κ1) is 22.2. The molecule has 0 spiro atoms. The summed E-state index contributed by atoms with van der Waals surface area (Å²) in [6, 6.07) is 6.43. The summed E-state index contributed by atoms with van der Waals surface area (Å²) in [7, 11) is 0. The number of anilines is 2. The molecule has 1 saturated heterocycles. The molecule has 1 aromatic heterocycles. The van der Waals surface area contributed by atoms with E-state index in [1.807, 2.05) is 24.8 Å². The maximum absolute atomic E-state index is 13.4. The Kier molecular flexibility index (Phi) is 5.87. The molecular formula is C22H26F3N5O2. The summed E-state index contributed by atoms with van der Waals surface area (Å²) in [6.45, 7) is 5.83. The number of hydrogen-bond acceptors (Lipinski definition) is 4. The predicted octanol–water partition coefficient (Wildman–Crippen LogP) is 3.07. The van der Waals surface area contributed by atoms with Crippen molar-refractivity contribution in [3.63, 3.8) is 0 Å². The van der Waals surface area contributed by atoms with Gasteiger partial charge in [0.1, 0.15) is 11.9 Å². The molecule has 3 heterocycles. The highest BCUT2D eigenvalue weighted by atomic mass is 19.4. The lowest BCUT2D eigenvalue weighted by molar-refractivity contribution is -0.137. The van der Waals surface area contributed by atoms with E-state index < -0.39 is 17.8 Å². The van der Waals surface area contributed by atoms with Crippen molar-refractivity contribution in [3.05, 3.63) is 41.6 Å². The van der Waals surface area contributed by atoms with E-state index in [-0.39, 0.29) is 11.8 Å². The van der Waals surface area contributed by atoms with Gasteiger partial charge in [0.05, 0.1) is 17.8 Å². The quantitative estimate of drug-likeness (QED) is 0.720. The Hall–Kier alpha value is -3.04. The molecule has 32 heavy (non-hydrogen) atoms. The van der Waals surface area contributed by atoms with E-state index in [0.29, 0.717) is 57.1 Å². The molecule has 10 heteroatoms. The molecule has 2 aromatic rings. The number of fused-ring (bicyclic) bond motifs is 1. The number of aromatic nitrogens is 2. The number of alkyl halides is 3.